The van der Waals surface area contributed by atoms with Crippen molar-refractivity contribution in [2.45, 2.75) is 12.8 Å². The molecule has 1 unspecified atom stereocenters. The highest BCUT2D eigenvalue weighted by Crippen LogP contribution is 2.21. The van der Waals surface area contributed by atoms with Crippen LogP contribution in [-0.4, -0.2) is 19.6 Å². The second-order valence-electron chi connectivity index (χ2n) is 3.95. The molecule has 1 N–H and O–H groups in total. The van der Waals surface area contributed by atoms with E-state index in [1.165, 1.54) is 13.2 Å². The van der Waals surface area contributed by atoms with Crippen molar-refractivity contribution in [1.29, 1.82) is 0 Å². The first-order valence-electron chi connectivity index (χ1n) is 5.31. The molecule has 2 rings (SSSR count). The van der Waals surface area contributed by atoms with Crippen LogP contribution < -0.4 is 10.1 Å². The molecule has 4 heteroatoms. The summed E-state index contributed by atoms with van der Waals surface area (Å²) in [5.74, 6) is -0.0953. The summed E-state index contributed by atoms with van der Waals surface area (Å²) >= 11 is 0. The zero-order valence-corrected chi connectivity index (χ0v) is 9.13. The average Bonchev–Trinajstić information content (AvgIpc) is 2.65. The number of methoxy groups -OCH3 is 1. The minimum atomic E-state index is -0.376. The van der Waals surface area contributed by atoms with Crippen LogP contribution in [0, 0.1) is 11.7 Å². The number of benzene rings is 1. The van der Waals surface area contributed by atoms with Crippen molar-refractivity contribution in [1.82, 2.24) is 5.32 Å². The van der Waals surface area contributed by atoms with Crippen LogP contribution in [0.4, 0.5) is 4.39 Å². The lowest BCUT2D eigenvalue weighted by atomic mass is 9.98. The second-order valence-corrected chi connectivity index (χ2v) is 3.95. The van der Waals surface area contributed by atoms with Gasteiger partial charge in [-0.2, -0.15) is 0 Å². The first kappa shape index (κ1) is 10.9. The topological polar surface area (TPSA) is 38.3 Å². The van der Waals surface area contributed by atoms with E-state index in [0.717, 1.165) is 18.5 Å². The Kier molecular flexibility index (Phi) is 3.08. The van der Waals surface area contributed by atoms with E-state index in [0.29, 0.717) is 6.42 Å². The zero-order chi connectivity index (χ0) is 11.5. The zero-order valence-electron chi connectivity index (χ0n) is 9.13. The molecule has 1 heterocycles. The molecule has 16 heavy (non-hydrogen) atoms. The molecule has 1 aliphatic rings. The Morgan fingerprint density at radius 1 is 1.56 bits per heavy atom. The van der Waals surface area contributed by atoms with Gasteiger partial charge < -0.3 is 10.1 Å². The van der Waals surface area contributed by atoms with Crippen molar-refractivity contribution in [2.24, 2.45) is 5.92 Å². The third-order valence-electron chi connectivity index (χ3n) is 2.86. The fourth-order valence-corrected chi connectivity index (χ4v) is 1.96. The number of hydrogen-bond donors (Lipinski definition) is 1. The number of hydrogen-bond acceptors (Lipinski definition) is 2. The Balaban J connectivity index is 2.10. The molecule has 1 aliphatic heterocycles. The second kappa shape index (κ2) is 4.51. The van der Waals surface area contributed by atoms with Crippen LogP contribution in [0.25, 0.3) is 0 Å². The SMILES string of the molecule is COc1ccc(CC2CCNC2=O)cc1F. The van der Waals surface area contributed by atoms with Crippen LogP contribution in [0.2, 0.25) is 0 Å². The number of amides is 1. The number of carbonyl (C=O) groups is 1. The quantitative estimate of drug-likeness (QED) is 0.843. The summed E-state index contributed by atoms with van der Waals surface area (Å²) in [6.45, 7) is 0.724. The molecular formula is C12H14FNO2. The van der Waals surface area contributed by atoms with Gasteiger partial charge in [0, 0.05) is 12.5 Å². The molecule has 0 saturated carbocycles. The van der Waals surface area contributed by atoms with E-state index in [1.54, 1.807) is 12.1 Å². The van der Waals surface area contributed by atoms with Crippen molar-refractivity contribution < 1.29 is 13.9 Å². The third-order valence-corrected chi connectivity index (χ3v) is 2.86. The van der Waals surface area contributed by atoms with Crippen LogP contribution in [0.5, 0.6) is 5.75 Å². The van der Waals surface area contributed by atoms with Crippen molar-refractivity contribution in [3.63, 3.8) is 0 Å². The molecule has 0 spiro atoms. The minimum absolute atomic E-state index is 0.0206. The Hall–Kier alpha value is -1.58. The van der Waals surface area contributed by atoms with Gasteiger partial charge in [-0.1, -0.05) is 6.07 Å². The standard InChI is InChI=1S/C12H14FNO2/c1-16-11-3-2-8(7-10(11)13)6-9-4-5-14-12(9)15/h2-3,7,9H,4-6H2,1H3,(H,14,15). The Morgan fingerprint density at radius 2 is 2.38 bits per heavy atom. The van der Waals surface area contributed by atoms with E-state index < -0.39 is 0 Å². The highest BCUT2D eigenvalue weighted by molar-refractivity contribution is 5.80. The molecule has 1 fully saturated rings. The molecule has 1 amide bonds. The number of ether oxygens (including phenoxy) is 1. The maximum Gasteiger partial charge on any atom is 0.223 e. The van der Waals surface area contributed by atoms with Crippen LogP contribution in [-0.2, 0) is 11.2 Å². The van der Waals surface area contributed by atoms with E-state index >= 15 is 0 Å². The van der Waals surface area contributed by atoms with Gasteiger partial charge in [0.25, 0.3) is 0 Å². The predicted octanol–water partition coefficient (Wildman–Crippen LogP) is 1.51. The molecule has 1 atom stereocenters. The molecule has 0 aromatic heterocycles. The van der Waals surface area contributed by atoms with E-state index in [2.05, 4.69) is 5.32 Å². The number of nitrogens with one attached hydrogen (secondary N) is 1. The van der Waals surface area contributed by atoms with Crippen molar-refractivity contribution in [3.8, 4) is 5.75 Å². The number of rotatable bonds is 3. The van der Waals surface area contributed by atoms with Gasteiger partial charge in [-0.15, -0.1) is 0 Å². The van der Waals surface area contributed by atoms with Gasteiger partial charge in [0.1, 0.15) is 0 Å². The predicted molar refractivity (Wildman–Crippen MR) is 57.8 cm³/mol. The van der Waals surface area contributed by atoms with E-state index in [4.69, 9.17) is 4.74 Å². The number of halogens is 1. The summed E-state index contributed by atoms with van der Waals surface area (Å²) in [4.78, 5) is 11.4. The maximum atomic E-state index is 13.4. The van der Waals surface area contributed by atoms with Crippen molar-refractivity contribution in [2.75, 3.05) is 13.7 Å². The van der Waals surface area contributed by atoms with Gasteiger partial charge in [-0.05, 0) is 30.5 Å². The highest BCUT2D eigenvalue weighted by atomic mass is 19.1. The smallest absolute Gasteiger partial charge is 0.223 e. The maximum absolute atomic E-state index is 13.4. The van der Waals surface area contributed by atoms with Crippen molar-refractivity contribution >= 4 is 5.91 Å². The Labute approximate surface area is 93.6 Å². The van der Waals surface area contributed by atoms with E-state index in [1.807, 2.05) is 0 Å². The van der Waals surface area contributed by atoms with E-state index in [9.17, 15) is 9.18 Å². The van der Waals surface area contributed by atoms with Gasteiger partial charge in [0.15, 0.2) is 11.6 Å². The van der Waals surface area contributed by atoms with Gasteiger partial charge >= 0.3 is 0 Å². The lowest BCUT2D eigenvalue weighted by molar-refractivity contribution is -0.122. The lowest BCUT2D eigenvalue weighted by Crippen LogP contribution is -2.20. The average molecular weight is 223 g/mol. The Morgan fingerprint density at radius 3 is 2.94 bits per heavy atom. The summed E-state index contributed by atoms with van der Waals surface area (Å²) in [5.41, 5.74) is 0.834. The summed E-state index contributed by atoms with van der Waals surface area (Å²) in [6.07, 6.45) is 1.42. The molecular weight excluding hydrogens is 209 g/mol. The lowest BCUT2D eigenvalue weighted by Gasteiger charge is -2.08. The first-order valence-corrected chi connectivity index (χ1v) is 5.31. The molecule has 1 aromatic rings. The summed E-state index contributed by atoms with van der Waals surface area (Å²) in [5, 5.41) is 2.77. The minimum Gasteiger partial charge on any atom is -0.494 e. The van der Waals surface area contributed by atoms with E-state index in [-0.39, 0.29) is 23.4 Å². The Bertz CT molecular complexity index is 406. The van der Waals surface area contributed by atoms with Gasteiger partial charge in [-0.3, -0.25) is 4.79 Å². The van der Waals surface area contributed by atoms with Gasteiger partial charge in [0.05, 0.1) is 7.11 Å². The first-order chi connectivity index (χ1) is 7.70. The summed E-state index contributed by atoms with van der Waals surface area (Å²) < 4.78 is 18.2. The fraction of sp³-hybridized carbons (Fsp3) is 0.417. The largest absolute Gasteiger partial charge is 0.494 e. The van der Waals surface area contributed by atoms with Gasteiger partial charge in [-0.25, -0.2) is 4.39 Å². The van der Waals surface area contributed by atoms with Crippen LogP contribution in [0.15, 0.2) is 18.2 Å². The molecule has 0 bridgehead atoms. The van der Waals surface area contributed by atoms with Gasteiger partial charge in [0.2, 0.25) is 5.91 Å². The van der Waals surface area contributed by atoms with Crippen molar-refractivity contribution in [3.05, 3.63) is 29.6 Å². The molecule has 0 aliphatic carbocycles. The molecule has 1 saturated heterocycles. The van der Waals surface area contributed by atoms with Crippen LogP contribution in [0.1, 0.15) is 12.0 Å². The van der Waals surface area contributed by atoms with Crippen LogP contribution in [0.3, 0.4) is 0 Å². The highest BCUT2D eigenvalue weighted by Gasteiger charge is 2.24. The summed E-state index contributed by atoms with van der Waals surface area (Å²) in [6, 6.07) is 4.83. The molecule has 3 nitrogen and oxygen atoms in total. The molecule has 86 valence electrons. The fourth-order valence-electron chi connectivity index (χ4n) is 1.96. The molecule has 1 aromatic carbocycles. The monoisotopic (exact) mass is 223 g/mol. The van der Waals surface area contributed by atoms with Crippen LogP contribution >= 0.6 is 0 Å². The summed E-state index contributed by atoms with van der Waals surface area (Å²) in [7, 11) is 1.43. The number of carbonyl (C=O) groups excluding carboxylic acids is 1. The third kappa shape index (κ3) is 2.15. The molecule has 0 radical (unpaired) electrons. The normalized spacial score (nSPS) is 19.6.